The Bertz CT molecular complexity index is 522. The van der Waals surface area contributed by atoms with Crippen LogP contribution in [0.25, 0.3) is 5.57 Å². The highest BCUT2D eigenvalue weighted by Gasteiger charge is 2.60. The van der Waals surface area contributed by atoms with Crippen LogP contribution in [0.15, 0.2) is 30.8 Å². The van der Waals surface area contributed by atoms with E-state index in [2.05, 4.69) is 11.3 Å². The molecule has 0 bridgehead atoms. The van der Waals surface area contributed by atoms with Crippen LogP contribution in [0.3, 0.4) is 0 Å². The van der Waals surface area contributed by atoms with Crippen molar-refractivity contribution in [1.82, 2.24) is 0 Å². The Balaban J connectivity index is 3.04. The minimum absolute atomic E-state index is 0.164. The molecule has 0 unspecified atom stereocenters. The third-order valence-electron chi connectivity index (χ3n) is 2.80. The van der Waals surface area contributed by atoms with Crippen LogP contribution in [0, 0.1) is 5.82 Å². The van der Waals surface area contributed by atoms with Gasteiger partial charge in [-0.25, -0.2) is 9.18 Å². The van der Waals surface area contributed by atoms with Gasteiger partial charge in [-0.05, 0) is 30.2 Å². The zero-order valence-electron chi connectivity index (χ0n) is 11.2. The largest absolute Gasteiger partial charge is 0.464 e. The molecule has 0 aliphatic heterocycles. The van der Waals surface area contributed by atoms with Crippen LogP contribution in [0.5, 0.6) is 0 Å². The third-order valence-corrected chi connectivity index (χ3v) is 2.80. The fraction of sp³-hybridized carbons (Fsp3) is 0.357. The van der Waals surface area contributed by atoms with Crippen molar-refractivity contribution in [3.8, 4) is 0 Å². The smallest absolute Gasteiger partial charge is 0.428 e. The first-order valence-electron chi connectivity index (χ1n) is 6.02. The first kappa shape index (κ1) is 17.2. The molecule has 3 nitrogen and oxygen atoms in total. The second-order valence-corrected chi connectivity index (χ2v) is 4.37. The number of aliphatic hydroxyl groups is 1. The first-order valence-corrected chi connectivity index (χ1v) is 6.02. The summed E-state index contributed by atoms with van der Waals surface area (Å²) < 4.78 is 56.0. The Hall–Kier alpha value is -1.89. The lowest BCUT2D eigenvalue weighted by Crippen LogP contribution is -2.53. The van der Waals surface area contributed by atoms with Crippen molar-refractivity contribution in [2.24, 2.45) is 0 Å². The lowest BCUT2D eigenvalue weighted by Gasteiger charge is -2.28. The van der Waals surface area contributed by atoms with E-state index in [1.165, 1.54) is 19.1 Å². The maximum Gasteiger partial charge on any atom is 0.428 e. The van der Waals surface area contributed by atoms with Gasteiger partial charge in [0.25, 0.3) is 5.60 Å². The molecule has 0 saturated heterocycles. The van der Waals surface area contributed by atoms with Gasteiger partial charge in [0.2, 0.25) is 0 Å². The van der Waals surface area contributed by atoms with Gasteiger partial charge in [0.05, 0.1) is 6.61 Å². The average Bonchev–Trinajstić information content (AvgIpc) is 2.38. The summed E-state index contributed by atoms with van der Waals surface area (Å²) in [6.07, 6.45) is -6.32. The summed E-state index contributed by atoms with van der Waals surface area (Å²) in [4.78, 5) is 11.4. The quantitative estimate of drug-likeness (QED) is 0.672. The van der Waals surface area contributed by atoms with Gasteiger partial charge >= 0.3 is 12.1 Å². The van der Waals surface area contributed by atoms with Gasteiger partial charge in [0, 0.05) is 6.42 Å². The van der Waals surface area contributed by atoms with Gasteiger partial charge < -0.3 is 9.84 Å². The van der Waals surface area contributed by atoms with Crippen molar-refractivity contribution in [1.29, 1.82) is 0 Å². The molecule has 0 spiro atoms. The van der Waals surface area contributed by atoms with Crippen molar-refractivity contribution >= 4 is 11.5 Å². The molecule has 0 aliphatic rings. The number of benzene rings is 1. The van der Waals surface area contributed by atoms with E-state index in [0.717, 1.165) is 12.1 Å². The van der Waals surface area contributed by atoms with E-state index in [1.807, 2.05) is 0 Å². The van der Waals surface area contributed by atoms with Gasteiger partial charge in [0.1, 0.15) is 5.82 Å². The van der Waals surface area contributed by atoms with Crippen molar-refractivity contribution in [2.45, 2.75) is 25.1 Å². The summed E-state index contributed by atoms with van der Waals surface area (Å²) in [6.45, 7) is 4.42. The number of ether oxygens (including phenoxy) is 1. The maximum atomic E-state index is 13.0. The number of carbonyl (C=O) groups is 1. The van der Waals surface area contributed by atoms with E-state index in [-0.39, 0.29) is 17.7 Å². The number of carbonyl (C=O) groups excluding carboxylic acids is 1. The molecule has 0 heterocycles. The van der Waals surface area contributed by atoms with Crippen molar-refractivity contribution < 1.29 is 32.2 Å². The molecule has 1 aromatic carbocycles. The summed E-state index contributed by atoms with van der Waals surface area (Å²) >= 11 is 0. The van der Waals surface area contributed by atoms with Crippen molar-refractivity contribution in [3.63, 3.8) is 0 Å². The highest BCUT2D eigenvalue weighted by atomic mass is 19.4. The normalized spacial score (nSPS) is 14.4. The zero-order valence-corrected chi connectivity index (χ0v) is 11.2. The molecule has 1 aromatic rings. The molecule has 0 radical (unpaired) electrons. The van der Waals surface area contributed by atoms with E-state index in [1.54, 1.807) is 0 Å². The fourth-order valence-corrected chi connectivity index (χ4v) is 1.64. The molecule has 0 aliphatic carbocycles. The molecule has 116 valence electrons. The summed E-state index contributed by atoms with van der Waals surface area (Å²) in [5, 5.41) is 9.70. The third kappa shape index (κ3) is 3.81. The number of hydrogen-bond donors (Lipinski definition) is 1. The molecule has 0 fully saturated rings. The number of halogens is 4. The minimum atomic E-state index is -5.22. The predicted molar refractivity (Wildman–Crippen MR) is 67.7 cm³/mol. The molecule has 1 N–H and O–H groups in total. The Labute approximate surface area is 118 Å². The van der Waals surface area contributed by atoms with Gasteiger partial charge in [0.15, 0.2) is 0 Å². The van der Waals surface area contributed by atoms with E-state index in [9.17, 15) is 27.5 Å². The number of alkyl halides is 3. The Morgan fingerprint density at radius 3 is 2.24 bits per heavy atom. The standard InChI is InChI=1S/C14H14F4O3/c1-3-21-12(19)13(20,14(16,17)18)8-9(2)10-4-6-11(15)7-5-10/h4-7,20H,2-3,8H2,1H3/t13-/m1/s1. The first-order chi connectivity index (χ1) is 9.61. The van der Waals surface area contributed by atoms with Crippen LogP contribution in [0.1, 0.15) is 18.9 Å². The molecule has 1 atom stereocenters. The monoisotopic (exact) mass is 306 g/mol. The van der Waals surface area contributed by atoms with E-state index < -0.39 is 30.0 Å². The Morgan fingerprint density at radius 1 is 1.29 bits per heavy atom. The van der Waals surface area contributed by atoms with Crippen LogP contribution in [-0.4, -0.2) is 29.5 Å². The topological polar surface area (TPSA) is 46.5 Å². The van der Waals surface area contributed by atoms with Crippen molar-refractivity contribution in [2.75, 3.05) is 6.61 Å². The molecule has 0 aromatic heterocycles. The molecular weight excluding hydrogens is 292 g/mol. The lowest BCUT2D eigenvalue weighted by molar-refractivity contribution is -0.260. The van der Waals surface area contributed by atoms with E-state index >= 15 is 0 Å². The molecule has 1 rings (SSSR count). The zero-order chi connectivity index (χ0) is 16.3. The van der Waals surface area contributed by atoms with Crippen LogP contribution >= 0.6 is 0 Å². The van der Waals surface area contributed by atoms with Crippen LogP contribution in [0.4, 0.5) is 17.6 Å². The summed E-state index contributed by atoms with van der Waals surface area (Å²) in [5.74, 6) is -2.36. The number of esters is 1. The lowest BCUT2D eigenvalue weighted by atomic mass is 9.91. The van der Waals surface area contributed by atoms with Crippen molar-refractivity contribution in [3.05, 3.63) is 42.2 Å². The fourth-order valence-electron chi connectivity index (χ4n) is 1.64. The molecule has 21 heavy (non-hydrogen) atoms. The Morgan fingerprint density at radius 2 is 1.81 bits per heavy atom. The van der Waals surface area contributed by atoms with Gasteiger partial charge in [-0.2, -0.15) is 13.2 Å². The number of rotatable bonds is 5. The van der Waals surface area contributed by atoms with E-state index in [0.29, 0.717) is 0 Å². The molecule has 0 amide bonds. The van der Waals surface area contributed by atoms with Crippen LogP contribution in [0.2, 0.25) is 0 Å². The highest BCUT2D eigenvalue weighted by molar-refractivity contribution is 5.83. The summed E-state index contributed by atoms with van der Waals surface area (Å²) in [5.41, 5.74) is -3.67. The van der Waals surface area contributed by atoms with Crippen LogP contribution in [-0.2, 0) is 9.53 Å². The van der Waals surface area contributed by atoms with Gasteiger partial charge in [-0.3, -0.25) is 0 Å². The molecule has 0 saturated carbocycles. The number of hydrogen-bond acceptors (Lipinski definition) is 3. The second kappa shape index (κ2) is 6.26. The summed E-state index contributed by atoms with van der Waals surface area (Å²) in [7, 11) is 0. The SMILES string of the molecule is C=C(C[C@@](O)(C(=O)OCC)C(F)(F)F)c1ccc(F)cc1. The van der Waals surface area contributed by atoms with Gasteiger partial charge in [-0.15, -0.1) is 0 Å². The van der Waals surface area contributed by atoms with E-state index in [4.69, 9.17) is 0 Å². The maximum absolute atomic E-state index is 13.0. The minimum Gasteiger partial charge on any atom is -0.464 e. The average molecular weight is 306 g/mol. The highest BCUT2D eigenvalue weighted by Crippen LogP contribution is 2.38. The van der Waals surface area contributed by atoms with Crippen LogP contribution < -0.4 is 0 Å². The second-order valence-electron chi connectivity index (χ2n) is 4.37. The van der Waals surface area contributed by atoms with Gasteiger partial charge in [-0.1, -0.05) is 18.7 Å². The predicted octanol–water partition coefficient (Wildman–Crippen LogP) is 3.09. The molecular formula is C14H14F4O3. The molecule has 7 heteroatoms. The summed E-state index contributed by atoms with van der Waals surface area (Å²) in [6, 6.07) is 4.49. The Kier molecular flexibility index (Phi) is 5.11.